The molecule has 132 valence electrons. The molecule has 0 aliphatic carbocycles. The second-order valence-electron chi connectivity index (χ2n) is 5.65. The van der Waals surface area contributed by atoms with Crippen LogP contribution in [0.25, 0.3) is 0 Å². The molecule has 0 spiro atoms. The number of hydrogen-bond donors (Lipinski definition) is 3. The van der Waals surface area contributed by atoms with E-state index >= 15 is 0 Å². The van der Waals surface area contributed by atoms with E-state index in [2.05, 4.69) is 26.6 Å². The molecular formula is C18H21BrN3O3+. The maximum absolute atomic E-state index is 12.1. The standard InChI is InChI=1S/C18H20BrN3O3/c1-22(12-18(24)21-15-5-3-4-13(19)10-15)11-17(23)20-14-6-8-16(25-2)9-7-14/h3-10H,11-12H2,1-2H3,(H,20,23)(H,21,24)/p+1. The number of carbonyl (C=O) groups is 2. The minimum Gasteiger partial charge on any atom is -0.497 e. The number of hydrogen-bond acceptors (Lipinski definition) is 3. The highest BCUT2D eigenvalue weighted by atomic mass is 79.9. The van der Waals surface area contributed by atoms with Crippen molar-refractivity contribution in [3.63, 3.8) is 0 Å². The van der Waals surface area contributed by atoms with Crippen molar-refractivity contribution in [3.05, 3.63) is 53.0 Å². The van der Waals surface area contributed by atoms with Gasteiger partial charge in [-0.15, -0.1) is 0 Å². The van der Waals surface area contributed by atoms with Crippen LogP contribution in [0.15, 0.2) is 53.0 Å². The first-order chi connectivity index (χ1) is 12.0. The first kappa shape index (κ1) is 19.0. The molecule has 0 aliphatic heterocycles. The van der Waals surface area contributed by atoms with Crippen molar-refractivity contribution in [3.8, 4) is 5.75 Å². The van der Waals surface area contributed by atoms with E-state index in [0.29, 0.717) is 5.69 Å². The van der Waals surface area contributed by atoms with E-state index in [0.717, 1.165) is 20.8 Å². The summed E-state index contributed by atoms with van der Waals surface area (Å²) in [5.74, 6) is 0.427. The molecule has 2 rings (SSSR count). The van der Waals surface area contributed by atoms with Crippen molar-refractivity contribution in [2.75, 3.05) is 37.9 Å². The Kier molecular flexibility index (Phi) is 6.97. The van der Waals surface area contributed by atoms with Gasteiger partial charge in [-0.05, 0) is 42.5 Å². The van der Waals surface area contributed by atoms with Crippen LogP contribution in [0.5, 0.6) is 5.75 Å². The second kappa shape index (κ2) is 9.19. The Hall–Kier alpha value is -2.38. The number of quaternary nitrogens is 1. The fourth-order valence-electron chi connectivity index (χ4n) is 2.26. The molecule has 0 aliphatic rings. The van der Waals surface area contributed by atoms with Gasteiger partial charge in [0.15, 0.2) is 13.1 Å². The molecule has 2 aromatic rings. The molecule has 2 amide bonds. The largest absolute Gasteiger partial charge is 0.497 e. The first-order valence-electron chi connectivity index (χ1n) is 7.77. The molecule has 0 radical (unpaired) electrons. The van der Waals surface area contributed by atoms with Crippen LogP contribution in [-0.2, 0) is 9.59 Å². The SMILES string of the molecule is COc1ccc(NC(=O)C[NH+](C)CC(=O)Nc2cccc(Br)c2)cc1. The topological polar surface area (TPSA) is 71.9 Å². The minimum absolute atomic E-state index is 0.146. The lowest BCUT2D eigenvalue weighted by atomic mass is 10.3. The lowest BCUT2D eigenvalue weighted by molar-refractivity contribution is -0.862. The Morgan fingerprint density at radius 1 is 1.00 bits per heavy atom. The fourth-order valence-corrected chi connectivity index (χ4v) is 2.66. The maximum atomic E-state index is 12.1. The zero-order valence-electron chi connectivity index (χ0n) is 14.1. The average molecular weight is 407 g/mol. The molecule has 0 heterocycles. The van der Waals surface area contributed by atoms with Crippen LogP contribution in [0.2, 0.25) is 0 Å². The normalized spacial score (nSPS) is 11.5. The summed E-state index contributed by atoms with van der Waals surface area (Å²) in [6.45, 7) is 0.389. The van der Waals surface area contributed by atoms with Crippen molar-refractivity contribution < 1.29 is 19.2 Å². The van der Waals surface area contributed by atoms with Gasteiger partial charge in [0.2, 0.25) is 0 Å². The third kappa shape index (κ3) is 6.56. The summed E-state index contributed by atoms with van der Waals surface area (Å²) in [5.41, 5.74) is 1.41. The van der Waals surface area contributed by atoms with Gasteiger partial charge in [-0.25, -0.2) is 0 Å². The molecule has 0 aromatic heterocycles. The van der Waals surface area contributed by atoms with E-state index in [1.807, 2.05) is 24.3 Å². The van der Waals surface area contributed by atoms with Crippen molar-refractivity contribution in [2.24, 2.45) is 0 Å². The molecule has 25 heavy (non-hydrogen) atoms. The lowest BCUT2D eigenvalue weighted by Gasteiger charge is -2.14. The highest BCUT2D eigenvalue weighted by Crippen LogP contribution is 2.15. The first-order valence-corrected chi connectivity index (χ1v) is 8.56. The third-order valence-electron chi connectivity index (χ3n) is 3.41. The van der Waals surface area contributed by atoms with E-state index < -0.39 is 0 Å². The van der Waals surface area contributed by atoms with E-state index in [9.17, 15) is 9.59 Å². The number of likely N-dealkylation sites (N-methyl/N-ethyl adjacent to an activating group) is 1. The van der Waals surface area contributed by atoms with Crippen molar-refractivity contribution in [2.45, 2.75) is 0 Å². The predicted octanol–water partition coefficient (Wildman–Crippen LogP) is 1.55. The Balaban J connectivity index is 1.79. The van der Waals surface area contributed by atoms with Crippen LogP contribution in [0, 0.1) is 0 Å². The van der Waals surface area contributed by atoms with Gasteiger partial charge in [-0.3, -0.25) is 9.59 Å². The number of rotatable bonds is 7. The van der Waals surface area contributed by atoms with E-state index in [-0.39, 0.29) is 24.9 Å². The molecule has 7 heteroatoms. The lowest BCUT2D eigenvalue weighted by Crippen LogP contribution is -3.11. The number of benzene rings is 2. The number of anilines is 2. The van der Waals surface area contributed by atoms with Crippen LogP contribution >= 0.6 is 15.9 Å². The number of carbonyl (C=O) groups excluding carboxylic acids is 2. The average Bonchev–Trinajstić information content (AvgIpc) is 2.55. The van der Waals surface area contributed by atoms with Crippen LogP contribution in [0.3, 0.4) is 0 Å². The molecule has 0 fully saturated rings. The molecule has 0 bridgehead atoms. The van der Waals surface area contributed by atoms with Gasteiger partial charge in [0.1, 0.15) is 5.75 Å². The summed E-state index contributed by atoms with van der Waals surface area (Å²) in [5, 5.41) is 5.62. The zero-order valence-corrected chi connectivity index (χ0v) is 15.7. The Bertz CT molecular complexity index is 735. The smallest absolute Gasteiger partial charge is 0.279 e. The number of amides is 2. The van der Waals surface area contributed by atoms with Crippen molar-refractivity contribution in [1.29, 1.82) is 0 Å². The Labute approximate surface area is 155 Å². The highest BCUT2D eigenvalue weighted by molar-refractivity contribution is 9.10. The molecule has 0 saturated carbocycles. The fraction of sp³-hybridized carbons (Fsp3) is 0.222. The quantitative estimate of drug-likeness (QED) is 0.653. The van der Waals surface area contributed by atoms with Crippen molar-refractivity contribution in [1.82, 2.24) is 0 Å². The Morgan fingerprint density at radius 2 is 1.60 bits per heavy atom. The molecule has 0 saturated heterocycles. The van der Waals surface area contributed by atoms with Gasteiger partial charge in [0.25, 0.3) is 11.8 Å². The van der Waals surface area contributed by atoms with Crippen LogP contribution in [0.1, 0.15) is 0 Å². The van der Waals surface area contributed by atoms with Gasteiger partial charge in [-0.1, -0.05) is 22.0 Å². The van der Waals surface area contributed by atoms with Crippen molar-refractivity contribution >= 4 is 39.1 Å². The van der Waals surface area contributed by atoms with E-state index in [1.165, 1.54) is 0 Å². The third-order valence-corrected chi connectivity index (χ3v) is 3.90. The van der Waals surface area contributed by atoms with Gasteiger partial charge in [0.05, 0.1) is 14.2 Å². The zero-order chi connectivity index (χ0) is 18.2. The van der Waals surface area contributed by atoms with Gasteiger partial charge in [-0.2, -0.15) is 0 Å². The van der Waals surface area contributed by atoms with Gasteiger partial charge < -0.3 is 20.3 Å². The Morgan fingerprint density at radius 3 is 2.16 bits per heavy atom. The number of ether oxygens (including phenoxy) is 1. The summed E-state index contributed by atoms with van der Waals surface area (Å²) >= 11 is 3.36. The van der Waals surface area contributed by atoms with Gasteiger partial charge >= 0.3 is 0 Å². The monoisotopic (exact) mass is 406 g/mol. The van der Waals surface area contributed by atoms with Crippen LogP contribution in [-0.4, -0.2) is 39.1 Å². The molecule has 1 atom stereocenters. The summed E-state index contributed by atoms with van der Waals surface area (Å²) in [6.07, 6.45) is 0. The number of halogens is 1. The summed E-state index contributed by atoms with van der Waals surface area (Å²) in [6, 6.07) is 14.5. The summed E-state index contributed by atoms with van der Waals surface area (Å²) in [4.78, 5) is 24.9. The number of methoxy groups -OCH3 is 1. The maximum Gasteiger partial charge on any atom is 0.279 e. The molecule has 2 aromatic carbocycles. The molecule has 1 unspecified atom stereocenters. The van der Waals surface area contributed by atoms with E-state index in [4.69, 9.17) is 4.74 Å². The van der Waals surface area contributed by atoms with E-state index in [1.54, 1.807) is 38.4 Å². The molecular weight excluding hydrogens is 386 g/mol. The highest BCUT2D eigenvalue weighted by Gasteiger charge is 2.14. The van der Waals surface area contributed by atoms with Crippen LogP contribution in [0.4, 0.5) is 11.4 Å². The predicted molar refractivity (Wildman–Crippen MR) is 101 cm³/mol. The number of nitrogens with one attached hydrogen (secondary N) is 3. The molecule has 3 N–H and O–H groups in total. The summed E-state index contributed by atoms with van der Waals surface area (Å²) < 4.78 is 5.97. The summed E-state index contributed by atoms with van der Waals surface area (Å²) in [7, 11) is 3.39. The second-order valence-corrected chi connectivity index (χ2v) is 6.56. The molecule has 6 nitrogen and oxygen atoms in total. The minimum atomic E-state index is -0.155. The van der Waals surface area contributed by atoms with Crippen LogP contribution < -0.4 is 20.3 Å². The van der Waals surface area contributed by atoms with Gasteiger partial charge in [0, 0.05) is 15.8 Å².